The van der Waals surface area contributed by atoms with E-state index in [0.717, 1.165) is 16.6 Å². The number of amides is 2. The van der Waals surface area contributed by atoms with Gasteiger partial charge in [0.25, 0.3) is 5.91 Å². The number of piperazine rings is 1. The zero-order valence-electron chi connectivity index (χ0n) is 19.0. The second-order valence-electron chi connectivity index (χ2n) is 8.51. The third kappa shape index (κ3) is 4.81. The molecule has 2 N–H and O–H groups in total. The molecule has 7 nitrogen and oxygen atoms in total. The summed E-state index contributed by atoms with van der Waals surface area (Å²) in [6, 6.07) is 21.6. The molecule has 0 bridgehead atoms. The molecule has 0 radical (unpaired) electrons. The first kappa shape index (κ1) is 22.8. The molecule has 4 aromatic rings. The number of aromatic hydroxyl groups is 1. The van der Waals surface area contributed by atoms with E-state index in [9.17, 15) is 14.7 Å². The minimum absolute atomic E-state index is 0.0500. The first-order valence-electron chi connectivity index (χ1n) is 11.4. The Balaban J connectivity index is 1.32. The average molecular weight is 489 g/mol. The molecule has 1 aliphatic rings. The van der Waals surface area contributed by atoms with Crippen LogP contribution in [0.15, 0.2) is 79.0 Å². The third-order valence-electron chi connectivity index (χ3n) is 6.33. The number of halogens is 1. The first-order valence-corrected chi connectivity index (χ1v) is 11.8. The largest absolute Gasteiger partial charge is 0.508 e. The molecule has 1 fully saturated rings. The predicted octanol–water partition coefficient (Wildman–Crippen LogP) is 4.52. The quantitative estimate of drug-likeness (QED) is 0.433. The van der Waals surface area contributed by atoms with Crippen LogP contribution in [0.25, 0.3) is 10.9 Å². The van der Waals surface area contributed by atoms with E-state index in [1.807, 2.05) is 48.5 Å². The molecule has 178 valence electrons. The summed E-state index contributed by atoms with van der Waals surface area (Å²) < 4.78 is 0. The number of nitrogens with zero attached hydrogens (tertiary/aromatic N) is 3. The Kier molecular flexibility index (Phi) is 6.33. The highest BCUT2D eigenvalue weighted by Gasteiger charge is 2.26. The van der Waals surface area contributed by atoms with Gasteiger partial charge in [-0.15, -0.1) is 0 Å². The fraction of sp³-hybridized carbons (Fsp3) is 0.185. The van der Waals surface area contributed by atoms with Crippen molar-refractivity contribution < 1.29 is 14.7 Å². The number of carbonyl (C=O) groups is 2. The van der Waals surface area contributed by atoms with Gasteiger partial charge in [0, 0.05) is 60.2 Å². The van der Waals surface area contributed by atoms with Crippen LogP contribution in [0, 0.1) is 0 Å². The summed E-state index contributed by atoms with van der Waals surface area (Å²) in [5.74, 6) is -0.122. The number of nitrogens with one attached hydrogen (secondary N) is 1. The van der Waals surface area contributed by atoms with E-state index in [1.54, 1.807) is 35.4 Å². The topological polar surface area (TPSA) is 79.9 Å². The Hall–Kier alpha value is -3.97. The maximum atomic E-state index is 13.6. The van der Waals surface area contributed by atoms with Gasteiger partial charge in [0.05, 0.1) is 5.02 Å². The van der Waals surface area contributed by atoms with Crippen molar-refractivity contribution in [2.24, 2.45) is 0 Å². The molecule has 0 aliphatic carbocycles. The van der Waals surface area contributed by atoms with Gasteiger partial charge in [-0.1, -0.05) is 35.9 Å². The molecule has 8 heteroatoms. The van der Waals surface area contributed by atoms with Crippen LogP contribution in [0.3, 0.4) is 0 Å². The Morgan fingerprint density at radius 1 is 0.943 bits per heavy atom. The summed E-state index contributed by atoms with van der Waals surface area (Å²) in [5.41, 5.74) is 2.92. The summed E-state index contributed by atoms with van der Waals surface area (Å²) in [4.78, 5) is 35.4. The number of H-pyrrole nitrogens is 1. The van der Waals surface area contributed by atoms with Gasteiger partial charge in [-0.05, 0) is 48.5 Å². The van der Waals surface area contributed by atoms with E-state index in [1.165, 1.54) is 4.90 Å². The molecule has 0 spiro atoms. The highest BCUT2D eigenvalue weighted by molar-refractivity contribution is 6.35. The zero-order valence-corrected chi connectivity index (χ0v) is 19.8. The monoisotopic (exact) mass is 488 g/mol. The lowest BCUT2D eigenvalue weighted by atomic mass is 10.1. The Morgan fingerprint density at radius 2 is 1.66 bits per heavy atom. The van der Waals surface area contributed by atoms with Crippen molar-refractivity contribution in [2.45, 2.75) is 0 Å². The van der Waals surface area contributed by atoms with Gasteiger partial charge in [-0.3, -0.25) is 14.5 Å². The number of hydrogen-bond donors (Lipinski definition) is 2. The number of phenolic OH excluding ortho intramolecular Hbond substituents is 1. The number of para-hydroxylation sites is 1. The van der Waals surface area contributed by atoms with Crippen LogP contribution in [0.5, 0.6) is 5.75 Å². The Labute approximate surface area is 208 Å². The maximum Gasteiger partial charge on any atom is 0.258 e. The molecule has 35 heavy (non-hydrogen) atoms. The van der Waals surface area contributed by atoms with Crippen molar-refractivity contribution in [1.82, 2.24) is 9.88 Å². The van der Waals surface area contributed by atoms with Gasteiger partial charge in [0.1, 0.15) is 12.3 Å². The van der Waals surface area contributed by atoms with Crippen LogP contribution in [0.1, 0.15) is 10.4 Å². The first-order chi connectivity index (χ1) is 17.0. The number of aromatic nitrogens is 1. The number of anilines is 2. The van der Waals surface area contributed by atoms with E-state index >= 15 is 0 Å². The lowest BCUT2D eigenvalue weighted by molar-refractivity contribution is -0.129. The van der Waals surface area contributed by atoms with Gasteiger partial charge < -0.3 is 19.9 Å². The lowest BCUT2D eigenvalue weighted by Crippen LogP contribution is -2.52. The van der Waals surface area contributed by atoms with Crippen molar-refractivity contribution in [2.75, 3.05) is 42.5 Å². The fourth-order valence-electron chi connectivity index (χ4n) is 4.38. The summed E-state index contributed by atoms with van der Waals surface area (Å²) in [6.45, 7) is 2.43. The van der Waals surface area contributed by atoms with E-state index < -0.39 is 0 Å². The SMILES string of the molecule is O=C(CN(C(=O)c1ccc2c(Cl)c[nH]c2c1)c1ccccc1)N1CCN(c2ccc(O)cc2)CC1. The van der Waals surface area contributed by atoms with Gasteiger partial charge >= 0.3 is 0 Å². The van der Waals surface area contributed by atoms with Crippen LogP contribution >= 0.6 is 11.6 Å². The number of fused-ring (bicyclic) bond motifs is 1. The molecule has 0 saturated carbocycles. The number of benzene rings is 3. The number of carbonyl (C=O) groups excluding carboxylic acids is 2. The third-order valence-corrected chi connectivity index (χ3v) is 6.64. The minimum atomic E-state index is -0.250. The highest BCUT2D eigenvalue weighted by Crippen LogP contribution is 2.26. The average Bonchev–Trinajstić information content (AvgIpc) is 3.27. The van der Waals surface area contributed by atoms with Gasteiger partial charge in [-0.2, -0.15) is 0 Å². The van der Waals surface area contributed by atoms with Crippen molar-refractivity contribution in [1.29, 1.82) is 0 Å². The smallest absolute Gasteiger partial charge is 0.258 e. The number of hydrogen-bond acceptors (Lipinski definition) is 4. The van der Waals surface area contributed by atoms with Gasteiger partial charge in [-0.25, -0.2) is 0 Å². The zero-order chi connectivity index (χ0) is 24.4. The van der Waals surface area contributed by atoms with Crippen LogP contribution in [-0.2, 0) is 4.79 Å². The van der Waals surface area contributed by atoms with Gasteiger partial charge in [0.2, 0.25) is 5.91 Å². The van der Waals surface area contributed by atoms with Crippen LogP contribution in [-0.4, -0.2) is 59.5 Å². The standard InChI is InChI=1S/C27H25ClN4O3/c28-24-17-29-25-16-19(6-11-23(24)25)27(35)32(21-4-2-1-3-5-21)18-26(34)31-14-12-30(13-15-31)20-7-9-22(33)10-8-20/h1-11,16-17,29,33H,12-15,18H2. The van der Waals surface area contributed by atoms with E-state index in [-0.39, 0.29) is 24.1 Å². The Morgan fingerprint density at radius 3 is 2.37 bits per heavy atom. The molecular weight excluding hydrogens is 464 g/mol. The molecule has 5 rings (SSSR count). The molecule has 0 atom stereocenters. The van der Waals surface area contributed by atoms with Crippen molar-refractivity contribution in [3.8, 4) is 5.75 Å². The fourth-order valence-corrected chi connectivity index (χ4v) is 4.60. The second-order valence-corrected chi connectivity index (χ2v) is 8.92. The van der Waals surface area contributed by atoms with E-state index in [2.05, 4.69) is 9.88 Å². The van der Waals surface area contributed by atoms with Crippen molar-refractivity contribution >= 4 is 45.7 Å². The molecule has 2 amide bonds. The normalized spacial score (nSPS) is 13.7. The summed E-state index contributed by atoms with van der Waals surface area (Å²) in [6.07, 6.45) is 1.69. The van der Waals surface area contributed by atoms with Crippen LogP contribution in [0.2, 0.25) is 5.02 Å². The molecule has 2 heterocycles. The molecule has 3 aromatic carbocycles. The maximum absolute atomic E-state index is 13.6. The molecule has 1 aromatic heterocycles. The van der Waals surface area contributed by atoms with Gasteiger partial charge in [0.15, 0.2) is 0 Å². The summed E-state index contributed by atoms with van der Waals surface area (Å²) in [5, 5.41) is 11.0. The minimum Gasteiger partial charge on any atom is -0.508 e. The Bertz CT molecular complexity index is 1350. The number of phenols is 1. The molecule has 0 unspecified atom stereocenters. The molecular formula is C27H25ClN4O3. The predicted molar refractivity (Wildman–Crippen MR) is 138 cm³/mol. The van der Waals surface area contributed by atoms with Crippen molar-refractivity contribution in [3.63, 3.8) is 0 Å². The van der Waals surface area contributed by atoms with Crippen molar-refractivity contribution in [3.05, 3.63) is 89.6 Å². The van der Waals surface area contributed by atoms with Crippen LogP contribution in [0.4, 0.5) is 11.4 Å². The molecule has 1 aliphatic heterocycles. The number of rotatable bonds is 5. The van der Waals surface area contributed by atoms with E-state index in [0.29, 0.717) is 42.5 Å². The summed E-state index contributed by atoms with van der Waals surface area (Å²) in [7, 11) is 0. The number of aromatic amines is 1. The van der Waals surface area contributed by atoms with E-state index in [4.69, 9.17) is 11.6 Å². The lowest BCUT2D eigenvalue weighted by Gasteiger charge is -2.37. The second kappa shape index (κ2) is 9.72. The summed E-state index contributed by atoms with van der Waals surface area (Å²) >= 11 is 6.18. The molecule has 1 saturated heterocycles. The highest BCUT2D eigenvalue weighted by atomic mass is 35.5. The van der Waals surface area contributed by atoms with Crippen LogP contribution < -0.4 is 9.80 Å².